The summed E-state index contributed by atoms with van der Waals surface area (Å²) in [6.07, 6.45) is 6.70. The van der Waals surface area contributed by atoms with Gasteiger partial charge in [0.15, 0.2) is 0 Å². The first-order valence-corrected chi connectivity index (χ1v) is 7.30. The van der Waals surface area contributed by atoms with Crippen LogP contribution in [0.5, 0.6) is 0 Å². The Bertz CT molecular complexity index is 342. The quantitative estimate of drug-likeness (QED) is 0.815. The molecule has 0 spiro atoms. The predicted molar refractivity (Wildman–Crippen MR) is 72.3 cm³/mol. The van der Waals surface area contributed by atoms with Crippen LogP contribution in [0.3, 0.4) is 0 Å². The maximum Gasteiger partial charge on any atom is 0.223 e. The second kappa shape index (κ2) is 4.38. The standard InChI is InChI=1S/C14H22N2O.ClH/c15-6-10(7-1-2-7)16-14(17)13-11-8-3-4-9(5-8)12(11)13;/h7-13H,1-6,15H2,(H,16,17);1H. The van der Waals surface area contributed by atoms with Gasteiger partial charge < -0.3 is 11.1 Å². The molecule has 2 bridgehead atoms. The third-order valence-corrected chi connectivity index (χ3v) is 5.81. The molecule has 4 saturated carbocycles. The summed E-state index contributed by atoms with van der Waals surface area (Å²) in [6, 6.07) is 0.265. The first-order chi connectivity index (χ1) is 8.29. The molecule has 0 radical (unpaired) electrons. The van der Waals surface area contributed by atoms with E-state index in [2.05, 4.69) is 5.32 Å². The van der Waals surface area contributed by atoms with Gasteiger partial charge >= 0.3 is 0 Å². The molecule has 5 atom stereocenters. The van der Waals surface area contributed by atoms with Crippen molar-refractivity contribution < 1.29 is 4.79 Å². The fraction of sp³-hybridized carbons (Fsp3) is 0.929. The van der Waals surface area contributed by atoms with Crippen molar-refractivity contribution in [1.82, 2.24) is 5.32 Å². The summed E-state index contributed by atoms with van der Waals surface area (Å²) in [5.74, 6) is 4.67. The fourth-order valence-electron chi connectivity index (χ4n) is 4.82. The lowest BCUT2D eigenvalue weighted by atomic mass is 10.0. The van der Waals surface area contributed by atoms with Gasteiger partial charge in [0.2, 0.25) is 5.91 Å². The Balaban J connectivity index is 0.000001000. The van der Waals surface area contributed by atoms with Crippen LogP contribution in [-0.2, 0) is 4.79 Å². The third kappa shape index (κ3) is 1.78. The molecule has 1 amide bonds. The molecule has 3 nitrogen and oxygen atoms in total. The Morgan fingerprint density at radius 2 is 1.78 bits per heavy atom. The highest BCUT2D eigenvalue weighted by Gasteiger charge is 2.67. The lowest BCUT2D eigenvalue weighted by Gasteiger charge is -2.17. The van der Waals surface area contributed by atoms with Crippen molar-refractivity contribution in [2.24, 2.45) is 41.2 Å². The zero-order valence-electron chi connectivity index (χ0n) is 10.7. The zero-order chi connectivity index (χ0) is 11.6. The molecule has 0 heterocycles. The zero-order valence-corrected chi connectivity index (χ0v) is 11.5. The van der Waals surface area contributed by atoms with Crippen molar-refractivity contribution in [2.75, 3.05) is 6.54 Å². The van der Waals surface area contributed by atoms with Gasteiger partial charge in [-0.3, -0.25) is 4.79 Å². The van der Waals surface area contributed by atoms with Crippen molar-refractivity contribution in [3.05, 3.63) is 0 Å². The number of rotatable bonds is 4. The van der Waals surface area contributed by atoms with Gasteiger partial charge in [0.05, 0.1) is 0 Å². The molecule has 4 fully saturated rings. The predicted octanol–water partition coefficient (Wildman–Crippen LogP) is 1.55. The van der Waals surface area contributed by atoms with Gasteiger partial charge in [-0.25, -0.2) is 0 Å². The molecule has 102 valence electrons. The van der Waals surface area contributed by atoms with Gasteiger partial charge in [0.25, 0.3) is 0 Å². The monoisotopic (exact) mass is 270 g/mol. The minimum atomic E-state index is 0. The molecule has 0 aromatic heterocycles. The van der Waals surface area contributed by atoms with Gasteiger partial charge in [-0.2, -0.15) is 0 Å². The van der Waals surface area contributed by atoms with Gasteiger partial charge in [-0.1, -0.05) is 0 Å². The Morgan fingerprint density at radius 1 is 1.17 bits per heavy atom. The highest BCUT2D eigenvalue weighted by molar-refractivity contribution is 5.85. The number of fused-ring (bicyclic) bond motifs is 5. The van der Waals surface area contributed by atoms with Crippen molar-refractivity contribution in [3.63, 3.8) is 0 Å². The van der Waals surface area contributed by atoms with Crippen LogP contribution in [-0.4, -0.2) is 18.5 Å². The van der Waals surface area contributed by atoms with Crippen LogP contribution in [0.15, 0.2) is 0 Å². The summed E-state index contributed by atoms with van der Waals surface area (Å²) in [4.78, 5) is 12.3. The molecule has 4 aliphatic rings. The molecule has 18 heavy (non-hydrogen) atoms. The van der Waals surface area contributed by atoms with E-state index in [-0.39, 0.29) is 18.4 Å². The van der Waals surface area contributed by atoms with E-state index in [4.69, 9.17) is 5.73 Å². The molecule has 0 aromatic rings. The molecule has 5 unspecified atom stereocenters. The smallest absolute Gasteiger partial charge is 0.223 e. The summed E-state index contributed by atoms with van der Waals surface area (Å²) >= 11 is 0. The molecular weight excluding hydrogens is 248 g/mol. The Morgan fingerprint density at radius 3 is 2.28 bits per heavy atom. The van der Waals surface area contributed by atoms with E-state index in [0.29, 0.717) is 24.3 Å². The highest BCUT2D eigenvalue weighted by atomic mass is 35.5. The minimum Gasteiger partial charge on any atom is -0.352 e. The van der Waals surface area contributed by atoms with Crippen LogP contribution in [0.4, 0.5) is 0 Å². The van der Waals surface area contributed by atoms with E-state index in [1.807, 2.05) is 0 Å². The largest absolute Gasteiger partial charge is 0.352 e. The van der Waals surface area contributed by atoms with Crippen LogP contribution in [0.25, 0.3) is 0 Å². The summed E-state index contributed by atoms with van der Waals surface area (Å²) < 4.78 is 0. The molecule has 0 saturated heterocycles. The number of nitrogens with one attached hydrogen (secondary N) is 1. The van der Waals surface area contributed by atoms with Crippen molar-refractivity contribution in [1.29, 1.82) is 0 Å². The Hall–Kier alpha value is -0.280. The number of nitrogens with two attached hydrogens (primary N) is 1. The van der Waals surface area contributed by atoms with Crippen LogP contribution < -0.4 is 11.1 Å². The lowest BCUT2D eigenvalue weighted by molar-refractivity contribution is -0.124. The molecule has 3 N–H and O–H groups in total. The molecular formula is C14H23ClN2O. The first kappa shape index (κ1) is 12.7. The van der Waals surface area contributed by atoms with E-state index in [1.54, 1.807) is 0 Å². The average molecular weight is 271 g/mol. The van der Waals surface area contributed by atoms with E-state index in [1.165, 1.54) is 32.1 Å². The van der Waals surface area contributed by atoms with E-state index < -0.39 is 0 Å². The van der Waals surface area contributed by atoms with Gasteiger partial charge in [0, 0.05) is 18.5 Å². The normalized spacial score (nSPS) is 45.1. The highest BCUT2D eigenvalue weighted by Crippen LogP contribution is 2.69. The molecule has 0 aliphatic heterocycles. The molecule has 4 rings (SSSR count). The minimum absolute atomic E-state index is 0. The van der Waals surface area contributed by atoms with E-state index in [9.17, 15) is 4.79 Å². The second-order valence-electron chi connectivity index (χ2n) is 6.70. The van der Waals surface area contributed by atoms with Gasteiger partial charge in [-0.15, -0.1) is 12.4 Å². The summed E-state index contributed by atoms with van der Waals surface area (Å²) in [5, 5.41) is 3.22. The van der Waals surface area contributed by atoms with Crippen molar-refractivity contribution in [2.45, 2.75) is 38.1 Å². The van der Waals surface area contributed by atoms with E-state index >= 15 is 0 Å². The summed E-state index contributed by atoms with van der Waals surface area (Å²) in [7, 11) is 0. The topological polar surface area (TPSA) is 55.1 Å². The molecule has 4 aliphatic carbocycles. The number of carbonyl (C=O) groups is 1. The van der Waals surface area contributed by atoms with Crippen LogP contribution in [0.2, 0.25) is 0 Å². The maximum atomic E-state index is 12.3. The first-order valence-electron chi connectivity index (χ1n) is 7.30. The SMILES string of the molecule is Cl.NCC(NC(=O)C1C2C3CCC(C3)C12)C1CC1. The number of carbonyl (C=O) groups excluding carboxylic acids is 1. The molecule has 4 heteroatoms. The summed E-state index contributed by atoms with van der Waals surface area (Å²) in [5.41, 5.74) is 5.75. The number of hydrogen-bond donors (Lipinski definition) is 2. The Kier molecular flexibility index (Phi) is 3.10. The molecule has 0 aromatic carbocycles. The van der Waals surface area contributed by atoms with Crippen LogP contribution >= 0.6 is 12.4 Å². The lowest BCUT2D eigenvalue weighted by Crippen LogP contribution is -2.43. The van der Waals surface area contributed by atoms with Crippen LogP contribution in [0, 0.1) is 35.5 Å². The van der Waals surface area contributed by atoms with Gasteiger partial charge in [-0.05, 0) is 61.7 Å². The van der Waals surface area contributed by atoms with Crippen molar-refractivity contribution in [3.8, 4) is 0 Å². The fourth-order valence-corrected chi connectivity index (χ4v) is 4.82. The maximum absolute atomic E-state index is 12.3. The second-order valence-corrected chi connectivity index (χ2v) is 6.70. The number of halogens is 1. The van der Waals surface area contributed by atoms with Crippen molar-refractivity contribution >= 4 is 18.3 Å². The van der Waals surface area contributed by atoms with Crippen LogP contribution in [0.1, 0.15) is 32.1 Å². The third-order valence-electron chi connectivity index (χ3n) is 5.81. The number of amides is 1. The Labute approximate surface area is 115 Å². The average Bonchev–Trinajstić information content (AvgIpc) is 3.24. The summed E-state index contributed by atoms with van der Waals surface area (Å²) in [6.45, 7) is 0.616. The van der Waals surface area contributed by atoms with E-state index in [0.717, 1.165) is 23.7 Å². The number of hydrogen-bond acceptors (Lipinski definition) is 2. The van der Waals surface area contributed by atoms with Gasteiger partial charge in [0.1, 0.15) is 0 Å².